The summed E-state index contributed by atoms with van der Waals surface area (Å²) in [5.74, 6) is 0.481. The molecule has 0 bridgehead atoms. The molecule has 5 aromatic rings. The standard InChI is InChI=1S/C29H25N2O/c1-18(2)22-11-13-26(31(4)17-22)24-15-27-25(14-19(24)3)28-21(16-30)10-12-23(29(28)32-27)20-8-6-5-7-9-20/h5-15,17-18H,1-4H3/q+1. The number of aryl methyl sites for hydroxylation is 2. The summed E-state index contributed by atoms with van der Waals surface area (Å²) in [6.07, 6.45) is 2.20. The summed E-state index contributed by atoms with van der Waals surface area (Å²) < 4.78 is 8.62. The van der Waals surface area contributed by atoms with Crippen molar-refractivity contribution in [3.05, 3.63) is 89.6 Å². The average Bonchev–Trinajstić information content (AvgIpc) is 3.17. The van der Waals surface area contributed by atoms with Gasteiger partial charge in [0.05, 0.1) is 17.2 Å². The molecule has 0 spiro atoms. The van der Waals surface area contributed by atoms with Crippen LogP contribution in [-0.2, 0) is 7.05 Å². The fraction of sp³-hybridized carbons (Fsp3) is 0.172. The molecule has 0 aliphatic heterocycles. The van der Waals surface area contributed by atoms with Crippen molar-refractivity contribution in [3.63, 3.8) is 0 Å². The number of nitrogens with zero attached hydrogens (tertiary/aromatic N) is 2. The molecule has 0 aliphatic carbocycles. The molecule has 0 radical (unpaired) electrons. The molecular weight excluding hydrogens is 392 g/mol. The second-order valence-electron chi connectivity index (χ2n) is 8.72. The second-order valence-corrected chi connectivity index (χ2v) is 8.72. The maximum atomic E-state index is 9.79. The van der Waals surface area contributed by atoms with Crippen molar-refractivity contribution in [2.45, 2.75) is 26.7 Å². The van der Waals surface area contributed by atoms with Gasteiger partial charge in [0.15, 0.2) is 6.20 Å². The first-order valence-electron chi connectivity index (χ1n) is 10.9. The molecule has 0 unspecified atom stereocenters. The predicted octanol–water partition coefficient (Wildman–Crippen LogP) is 7.05. The van der Waals surface area contributed by atoms with E-state index in [1.54, 1.807) is 0 Å². The number of hydrogen-bond acceptors (Lipinski definition) is 2. The molecule has 3 heteroatoms. The SMILES string of the molecule is Cc1cc2c(cc1-c1ccc(C(C)C)c[n+]1C)oc1c(-c3ccccc3)ccc(C#N)c12. The largest absolute Gasteiger partial charge is 0.455 e. The van der Waals surface area contributed by atoms with Crippen LogP contribution in [0.3, 0.4) is 0 Å². The van der Waals surface area contributed by atoms with Crippen LogP contribution in [0.1, 0.15) is 36.5 Å². The molecule has 0 aliphatic rings. The highest BCUT2D eigenvalue weighted by molar-refractivity contribution is 6.13. The van der Waals surface area contributed by atoms with Crippen molar-refractivity contribution in [3.8, 4) is 28.5 Å². The van der Waals surface area contributed by atoms with Gasteiger partial charge in [0.25, 0.3) is 0 Å². The monoisotopic (exact) mass is 417 g/mol. The van der Waals surface area contributed by atoms with Crippen molar-refractivity contribution >= 4 is 21.9 Å². The van der Waals surface area contributed by atoms with E-state index in [9.17, 15) is 5.26 Å². The van der Waals surface area contributed by atoms with Gasteiger partial charge in [0.2, 0.25) is 5.69 Å². The van der Waals surface area contributed by atoms with E-state index in [0.717, 1.165) is 49.9 Å². The van der Waals surface area contributed by atoms with Crippen molar-refractivity contribution in [1.82, 2.24) is 0 Å². The van der Waals surface area contributed by atoms with Crippen molar-refractivity contribution < 1.29 is 8.98 Å². The number of benzene rings is 3. The third-order valence-electron chi connectivity index (χ3n) is 6.27. The Balaban J connectivity index is 1.78. The van der Waals surface area contributed by atoms with Crippen LogP contribution >= 0.6 is 0 Å². The third kappa shape index (κ3) is 3.16. The molecule has 156 valence electrons. The summed E-state index contributed by atoms with van der Waals surface area (Å²) in [4.78, 5) is 0. The van der Waals surface area contributed by atoms with E-state index in [1.165, 1.54) is 5.56 Å². The van der Waals surface area contributed by atoms with Gasteiger partial charge in [-0.05, 0) is 54.3 Å². The molecule has 2 aromatic heterocycles. The molecule has 0 fully saturated rings. The van der Waals surface area contributed by atoms with Crippen LogP contribution in [0.25, 0.3) is 44.3 Å². The number of furan rings is 1. The van der Waals surface area contributed by atoms with Crippen LogP contribution in [0.4, 0.5) is 0 Å². The molecule has 0 atom stereocenters. The number of hydrogen-bond donors (Lipinski definition) is 0. The number of rotatable bonds is 3. The summed E-state index contributed by atoms with van der Waals surface area (Å²) in [5.41, 5.74) is 9.02. The second kappa shape index (κ2) is 7.66. The van der Waals surface area contributed by atoms with E-state index < -0.39 is 0 Å². The minimum Gasteiger partial charge on any atom is -0.455 e. The quantitative estimate of drug-likeness (QED) is 0.295. The minimum absolute atomic E-state index is 0.481. The van der Waals surface area contributed by atoms with Gasteiger partial charge in [-0.1, -0.05) is 44.2 Å². The Labute approximate surface area is 188 Å². The number of pyridine rings is 1. The molecule has 32 heavy (non-hydrogen) atoms. The number of aromatic nitrogens is 1. The van der Waals surface area contributed by atoms with Gasteiger partial charge in [-0.3, -0.25) is 0 Å². The summed E-state index contributed by atoms with van der Waals surface area (Å²) in [6, 6.07) is 25.1. The van der Waals surface area contributed by atoms with Crippen LogP contribution in [0.15, 0.2) is 77.3 Å². The summed E-state index contributed by atoms with van der Waals surface area (Å²) in [7, 11) is 2.09. The van der Waals surface area contributed by atoms with E-state index in [0.29, 0.717) is 11.5 Å². The number of fused-ring (bicyclic) bond motifs is 3. The first kappa shape index (κ1) is 20.0. The van der Waals surface area contributed by atoms with Gasteiger partial charge in [-0.2, -0.15) is 5.26 Å². The first-order chi connectivity index (χ1) is 15.5. The van der Waals surface area contributed by atoms with Gasteiger partial charge >= 0.3 is 0 Å². The molecule has 3 nitrogen and oxygen atoms in total. The van der Waals surface area contributed by atoms with Crippen LogP contribution in [0, 0.1) is 18.3 Å². The topological polar surface area (TPSA) is 40.8 Å². The van der Waals surface area contributed by atoms with Crippen LogP contribution in [-0.4, -0.2) is 0 Å². The lowest BCUT2D eigenvalue weighted by atomic mass is 9.96. The van der Waals surface area contributed by atoms with E-state index in [1.807, 2.05) is 30.3 Å². The summed E-state index contributed by atoms with van der Waals surface area (Å²) >= 11 is 0. The van der Waals surface area contributed by atoms with Crippen LogP contribution < -0.4 is 4.57 Å². The Morgan fingerprint density at radius 1 is 0.938 bits per heavy atom. The zero-order valence-electron chi connectivity index (χ0n) is 18.8. The van der Waals surface area contributed by atoms with Gasteiger partial charge in [0, 0.05) is 28.0 Å². The fourth-order valence-corrected chi connectivity index (χ4v) is 4.50. The van der Waals surface area contributed by atoms with Crippen LogP contribution in [0.2, 0.25) is 0 Å². The lowest BCUT2D eigenvalue weighted by Gasteiger charge is -2.08. The van der Waals surface area contributed by atoms with E-state index in [-0.39, 0.29) is 0 Å². The zero-order valence-corrected chi connectivity index (χ0v) is 18.8. The minimum atomic E-state index is 0.481. The summed E-state index contributed by atoms with van der Waals surface area (Å²) in [6.45, 7) is 6.53. The maximum absolute atomic E-state index is 9.79. The Bertz CT molecular complexity index is 1520. The van der Waals surface area contributed by atoms with Gasteiger partial charge in [0.1, 0.15) is 18.2 Å². The highest BCUT2D eigenvalue weighted by Crippen LogP contribution is 2.40. The molecule has 3 aromatic carbocycles. The van der Waals surface area contributed by atoms with Crippen molar-refractivity contribution in [2.75, 3.05) is 0 Å². The van der Waals surface area contributed by atoms with E-state index >= 15 is 0 Å². The molecule has 0 N–H and O–H groups in total. The van der Waals surface area contributed by atoms with E-state index in [2.05, 4.69) is 81.1 Å². The van der Waals surface area contributed by atoms with Crippen molar-refractivity contribution in [1.29, 1.82) is 5.26 Å². The smallest absolute Gasteiger partial charge is 0.212 e. The van der Waals surface area contributed by atoms with E-state index in [4.69, 9.17) is 4.42 Å². The molecule has 0 saturated heterocycles. The van der Waals surface area contributed by atoms with Crippen molar-refractivity contribution in [2.24, 2.45) is 7.05 Å². The lowest BCUT2D eigenvalue weighted by Crippen LogP contribution is -2.31. The Kier molecular flexibility index (Phi) is 4.79. The molecule has 5 rings (SSSR count). The molecule has 0 saturated carbocycles. The lowest BCUT2D eigenvalue weighted by molar-refractivity contribution is -0.660. The van der Waals surface area contributed by atoms with Crippen LogP contribution in [0.5, 0.6) is 0 Å². The maximum Gasteiger partial charge on any atom is 0.212 e. The van der Waals surface area contributed by atoms with Gasteiger partial charge < -0.3 is 4.42 Å². The fourth-order valence-electron chi connectivity index (χ4n) is 4.50. The first-order valence-corrected chi connectivity index (χ1v) is 10.9. The van der Waals surface area contributed by atoms with Gasteiger partial charge in [-0.25, -0.2) is 4.57 Å². The highest BCUT2D eigenvalue weighted by atomic mass is 16.3. The normalized spacial score (nSPS) is 11.4. The Morgan fingerprint density at radius 3 is 2.41 bits per heavy atom. The Morgan fingerprint density at radius 2 is 1.72 bits per heavy atom. The highest BCUT2D eigenvalue weighted by Gasteiger charge is 2.20. The third-order valence-corrected chi connectivity index (χ3v) is 6.27. The molecule has 0 amide bonds. The average molecular weight is 418 g/mol. The zero-order chi connectivity index (χ0) is 22.4. The number of nitriles is 1. The van der Waals surface area contributed by atoms with Gasteiger partial charge in [-0.15, -0.1) is 0 Å². The summed E-state index contributed by atoms with van der Waals surface area (Å²) in [5, 5.41) is 11.7. The Hall–Kier alpha value is -3.90. The predicted molar refractivity (Wildman–Crippen MR) is 129 cm³/mol. The molecular formula is C29H25N2O+. The molecule has 2 heterocycles.